The van der Waals surface area contributed by atoms with Crippen molar-refractivity contribution in [2.45, 2.75) is 20.0 Å². The summed E-state index contributed by atoms with van der Waals surface area (Å²) in [7, 11) is 0. The molecule has 0 bridgehead atoms. The molecule has 35 heavy (non-hydrogen) atoms. The van der Waals surface area contributed by atoms with Crippen LogP contribution in [-0.4, -0.2) is 43.7 Å². The molecule has 0 atom stereocenters. The van der Waals surface area contributed by atoms with Crippen LogP contribution < -0.4 is 10.1 Å². The third-order valence-corrected chi connectivity index (χ3v) is 5.29. The molecule has 3 heterocycles. The Morgan fingerprint density at radius 2 is 2.03 bits per heavy atom. The van der Waals surface area contributed by atoms with Gasteiger partial charge in [-0.1, -0.05) is 27.5 Å². The lowest BCUT2D eigenvalue weighted by molar-refractivity contribution is -0.154. The highest BCUT2D eigenvalue weighted by Crippen LogP contribution is 2.34. The number of alkyl halides is 3. The summed E-state index contributed by atoms with van der Waals surface area (Å²) in [6.45, 7) is 1.78. The van der Waals surface area contributed by atoms with E-state index in [1.165, 1.54) is 12.3 Å². The number of benzene rings is 1. The van der Waals surface area contributed by atoms with Gasteiger partial charge in [-0.05, 0) is 36.8 Å². The fourth-order valence-corrected chi connectivity index (χ4v) is 3.88. The molecule has 0 saturated carbocycles. The summed E-state index contributed by atoms with van der Waals surface area (Å²) < 4.78 is 50.0. The third-order valence-electron chi connectivity index (χ3n) is 4.54. The van der Waals surface area contributed by atoms with Crippen molar-refractivity contribution in [1.82, 2.24) is 25.0 Å². The van der Waals surface area contributed by atoms with Crippen LogP contribution in [0.5, 0.6) is 5.88 Å². The van der Waals surface area contributed by atoms with E-state index in [0.29, 0.717) is 27.2 Å². The average Bonchev–Trinajstić information content (AvgIpc) is 3.40. The molecule has 0 saturated heterocycles. The van der Waals surface area contributed by atoms with E-state index in [-0.39, 0.29) is 22.4 Å². The maximum atomic E-state index is 13.4. The zero-order valence-corrected chi connectivity index (χ0v) is 20.4. The molecule has 14 heteroatoms. The van der Waals surface area contributed by atoms with Crippen molar-refractivity contribution in [3.05, 3.63) is 63.2 Å². The van der Waals surface area contributed by atoms with Crippen LogP contribution in [0.2, 0.25) is 5.02 Å². The topological polar surface area (TPSA) is 108 Å². The van der Waals surface area contributed by atoms with Crippen LogP contribution in [-0.2, 0) is 0 Å². The Bertz CT molecular complexity index is 1410. The Morgan fingerprint density at radius 1 is 1.26 bits per heavy atom. The summed E-state index contributed by atoms with van der Waals surface area (Å²) in [4.78, 5) is 17.5. The molecule has 0 spiro atoms. The lowest BCUT2D eigenvalue weighted by Crippen LogP contribution is -2.19. The molecule has 4 aromatic rings. The number of pyridine rings is 1. The maximum Gasteiger partial charge on any atom is 0.422 e. The van der Waals surface area contributed by atoms with Crippen molar-refractivity contribution >= 4 is 39.1 Å². The second kappa shape index (κ2) is 9.66. The quantitative estimate of drug-likeness (QED) is 0.324. The van der Waals surface area contributed by atoms with Crippen molar-refractivity contribution in [3.63, 3.8) is 0 Å². The minimum Gasteiger partial charge on any atom is -0.467 e. The smallest absolute Gasteiger partial charge is 0.422 e. The Morgan fingerprint density at radius 3 is 2.69 bits per heavy atom. The molecule has 1 amide bonds. The fourth-order valence-electron chi connectivity index (χ4n) is 3.10. The van der Waals surface area contributed by atoms with Crippen molar-refractivity contribution in [3.8, 4) is 23.2 Å². The van der Waals surface area contributed by atoms with Gasteiger partial charge in [0, 0.05) is 23.7 Å². The number of hydrogen-bond acceptors (Lipinski definition) is 7. The zero-order chi connectivity index (χ0) is 25.3. The molecule has 1 N–H and O–H groups in total. The number of amides is 1. The van der Waals surface area contributed by atoms with Gasteiger partial charge in [0.15, 0.2) is 12.4 Å². The Labute approximate surface area is 209 Å². The number of carbonyl (C=O) groups excluding carboxylic acids is 1. The molecule has 0 aliphatic rings. The second-order valence-electron chi connectivity index (χ2n) is 7.22. The first-order chi connectivity index (χ1) is 16.5. The Hall–Kier alpha value is -3.45. The molecule has 1 aromatic carbocycles. The van der Waals surface area contributed by atoms with E-state index in [1.54, 1.807) is 32.0 Å². The van der Waals surface area contributed by atoms with Gasteiger partial charge in [0.1, 0.15) is 5.69 Å². The number of nitrogens with zero attached hydrogens (tertiary/aromatic N) is 5. The molecule has 0 unspecified atom stereocenters. The van der Waals surface area contributed by atoms with Gasteiger partial charge in [-0.25, -0.2) is 9.67 Å². The number of carbonyl (C=O) groups is 1. The van der Waals surface area contributed by atoms with Crippen LogP contribution in [0.3, 0.4) is 0 Å². The summed E-state index contributed by atoms with van der Waals surface area (Å²) in [5, 5.41) is 14.7. The minimum absolute atomic E-state index is 0.0291. The standard InChI is InChI=1S/C21H15BrClF3N6O3/c1-10-6-12(22)7-13(20-30-29-11(2)35-20)17(10)28-19(33)15-8-16(34-9-21(24,25)26)31-32(15)18-14(23)4-3-5-27-18/h3-8H,9H2,1-2H3,(H,28,33). The van der Waals surface area contributed by atoms with E-state index in [2.05, 4.69) is 41.5 Å². The molecule has 0 radical (unpaired) electrons. The van der Waals surface area contributed by atoms with Crippen molar-refractivity contribution in [2.75, 3.05) is 11.9 Å². The lowest BCUT2D eigenvalue weighted by atomic mass is 10.1. The summed E-state index contributed by atoms with van der Waals surface area (Å²) in [5.74, 6) is -0.637. The molecule has 3 aromatic heterocycles. The highest BCUT2D eigenvalue weighted by molar-refractivity contribution is 9.10. The van der Waals surface area contributed by atoms with Gasteiger partial charge in [0.25, 0.3) is 5.91 Å². The number of nitrogens with one attached hydrogen (secondary N) is 1. The van der Waals surface area contributed by atoms with Gasteiger partial charge in [-0.3, -0.25) is 4.79 Å². The number of aromatic nitrogens is 5. The van der Waals surface area contributed by atoms with Gasteiger partial charge < -0.3 is 14.5 Å². The maximum absolute atomic E-state index is 13.4. The lowest BCUT2D eigenvalue weighted by Gasteiger charge is -2.13. The van der Waals surface area contributed by atoms with Crippen LogP contribution in [0.4, 0.5) is 18.9 Å². The first-order valence-corrected chi connectivity index (χ1v) is 11.0. The predicted octanol–water partition coefficient (Wildman–Crippen LogP) is 5.54. The number of aryl methyl sites for hydroxylation is 2. The normalized spacial score (nSPS) is 11.5. The monoisotopic (exact) mass is 570 g/mol. The third kappa shape index (κ3) is 5.62. The molecule has 0 aliphatic carbocycles. The van der Waals surface area contributed by atoms with E-state index in [0.717, 1.165) is 10.7 Å². The molecule has 0 aliphatic heterocycles. The van der Waals surface area contributed by atoms with Gasteiger partial charge in [-0.15, -0.1) is 15.3 Å². The van der Waals surface area contributed by atoms with Crippen molar-refractivity contribution in [1.29, 1.82) is 0 Å². The van der Waals surface area contributed by atoms with Crippen LogP contribution in [0.15, 0.2) is 45.4 Å². The molecule has 0 fully saturated rings. The zero-order valence-electron chi connectivity index (χ0n) is 18.0. The van der Waals surface area contributed by atoms with E-state index < -0.39 is 24.6 Å². The highest BCUT2D eigenvalue weighted by atomic mass is 79.9. The van der Waals surface area contributed by atoms with Gasteiger partial charge in [0.05, 0.1) is 16.3 Å². The van der Waals surface area contributed by atoms with E-state index in [1.807, 2.05) is 0 Å². The van der Waals surface area contributed by atoms with E-state index in [9.17, 15) is 18.0 Å². The molecule has 182 valence electrons. The van der Waals surface area contributed by atoms with E-state index in [4.69, 9.17) is 20.8 Å². The molecule has 4 rings (SSSR count). The number of halogens is 5. The second-order valence-corrected chi connectivity index (χ2v) is 8.54. The molecule has 9 nitrogen and oxygen atoms in total. The SMILES string of the molecule is Cc1nnc(-c2cc(Br)cc(C)c2NC(=O)c2cc(OCC(F)(F)F)nn2-c2ncccc2Cl)o1. The summed E-state index contributed by atoms with van der Waals surface area (Å²) in [5.41, 5.74) is 1.26. The number of rotatable bonds is 6. The minimum atomic E-state index is -4.60. The summed E-state index contributed by atoms with van der Waals surface area (Å²) >= 11 is 9.60. The van der Waals surface area contributed by atoms with Crippen molar-refractivity contribution in [2.24, 2.45) is 0 Å². The van der Waals surface area contributed by atoms with E-state index >= 15 is 0 Å². The Balaban J connectivity index is 1.76. The molecular formula is C21H15BrClF3N6O3. The molecular weight excluding hydrogens is 557 g/mol. The number of anilines is 1. The fraction of sp³-hybridized carbons (Fsp3) is 0.190. The average molecular weight is 572 g/mol. The number of hydrogen-bond donors (Lipinski definition) is 1. The highest BCUT2D eigenvalue weighted by Gasteiger charge is 2.30. The van der Waals surface area contributed by atoms with Crippen molar-refractivity contribution < 1.29 is 27.1 Å². The Kier molecular flexibility index (Phi) is 6.81. The van der Waals surface area contributed by atoms with Crippen LogP contribution in [0.25, 0.3) is 17.3 Å². The van der Waals surface area contributed by atoms with Crippen LogP contribution in [0, 0.1) is 13.8 Å². The summed E-state index contributed by atoms with van der Waals surface area (Å²) in [6.07, 6.45) is -3.20. The van der Waals surface area contributed by atoms with Gasteiger partial charge >= 0.3 is 6.18 Å². The number of ether oxygens (including phenoxy) is 1. The first kappa shape index (κ1) is 24.7. The van der Waals surface area contributed by atoms with Crippen LogP contribution >= 0.6 is 27.5 Å². The van der Waals surface area contributed by atoms with Gasteiger partial charge in [0.2, 0.25) is 17.7 Å². The predicted molar refractivity (Wildman–Crippen MR) is 123 cm³/mol. The van der Waals surface area contributed by atoms with Crippen LogP contribution in [0.1, 0.15) is 21.9 Å². The largest absolute Gasteiger partial charge is 0.467 e. The first-order valence-electron chi connectivity index (χ1n) is 9.84. The summed E-state index contributed by atoms with van der Waals surface area (Å²) in [6, 6.07) is 7.56. The van der Waals surface area contributed by atoms with Gasteiger partial charge in [-0.2, -0.15) is 13.2 Å².